The number of anilines is 1. The van der Waals surface area contributed by atoms with Crippen LogP contribution in [0.15, 0.2) is 48.2 Å². The minimum absolute atomic E-state index is 0.0392. The summed E-state index contributed by atoms with van der Waals surface area (Å²) in [4.78, 5) is 16.1. The molecule has 0 saturated carbocycles. The number of phenols is 1. The van der Waals surface area contributed by atoms with Crippen LogP contribution < -0.4 is 14.4 Å². The first kappa shape index (κ1) is 18.7. The molecule has 0 bridgehead atoms. The summed E-state index contributed by atoms with van der Waals surface area (Å²) in [6.07, 6.45) is 1.71. The van der Waals surface area contributed by atoms with Gasteiger partial charge in [0, 0.05) is 7.05 Å². The van der Waals surface area contributed by atoms with Crippen LogP contribution in [0.1, 0.15) is 12.5 Å². The molecule has 0 atom stereocenters. The molecule has 2 aromatic rings. The number of carbonyl (C=O) groups is 1. The Morgan fingerprint density at radius 3 is 2.52 bits per heavy atom. The van der Waals surface area contributed by atoms with Crippen LogP contribution >= 0.6 is 12.2 Å². The van der Waals surface area contributed by atoms with Gasteiger partial charge in [-0.3, -0.25) is 9.69 Å². The van der Waals surface area contributed by atoms with Gasteiger partial charge in [0.25, 0.3) is 5.91 Å². The summed E-state index contributed by atoms with van der Waals surface area (Å²) in [5.41, 5.74) is 1.82. The molecule has 1 aliphatic heterocycles. The lowest BCUT2D eigenvalue weighted by molar-refractivity contribution is -0.114. The third-order valence-corrected chi connectivity index (χ3v) is 4.63. The summed E-state index contributed by atoms with van der Waals surface area (Å²) in [7, 11) is 3.22. The maximum absolute atomic E-state index is 13.0. The van der Waals surface area contributed by atoms with Gasteiger partial charge in [-0.2, -0.15) is 0 Å². The van der Waals surface area contributed by atoms with Crippen molar-refractivity contribution in [2.45, 2.75) is 6.92 Å². The molecule has 1 fully saturated rings. The van der Waals surface area contributed by atoms with E-state index in [1.54, 1.807) is 54.4 Å². The number of likely N-dealkylation sites (N-methyl/N-ethyl adjacent to an activating group) is 1. The van der Waals surface area contributed by atoms with Gasteiger partial charge in [0.2, 0.25) is 0 Å². The fourth-order valence-electron chi connectivity index (χ4n) is 2.78. The van der Waals surface area contributed by atoms with Crippen LogP contribution in [0.2, 0.25) is 0 Å². The van der Waals surface area contributed by atoms with Crippen molar-refractivity contribution in [2.75, 3.05) is 25.7 Å². The second-order valence-electron chi connectivity index (χ2n) is 5.87. The van der Waals surface area contributed by atoms with Crippen molar-refractivity contribution in [3.8, 4) is 17.2 Å². The van der Waals surface area contributed by atoms with Crippen LogP contribution in [0.4, 0.5) is 5.69 Å². The van der Waals surface area contributed by atoms with Crippen LogP contribution in [0.25, 0.3) is 6.08 Å². The summed E-state index contributed by atoms with van der Waals surface area (Å²) in [6, 6.07) is 12.1. The minimum atomic E-state index is -0.223. The maximum Gasteiger partial charge on any atom is 0.281 e. The molecule has 0 radical (unpaired) electrons. The van der Waals surface area contributed by atoms with Crippen molar-refractivity contribution in [3.05, 3.63) is 53.7 Å². The quantitative estimate of drug-likeness (QED) is 0.630. The molecular weight excluding hydrogens is 364 g/mol. The standard InChI is InChI=1S/C20H20N2O4S/c1-4-26-15-8-6-14(7-9-15)22-19(24)16(21(2)20(22)27)11-13-5-10-17(23)18(12-13)25-3/h5-12,23H,4H2,1-3H3/b16-11-. The third kappa shape index (κ3) is 3.59. The van der Waals surface area contributed by atoms with Gasteiger partial charge >= 0.3 is 0 Å². The van der Waals surface area contributed by atoms with Crippen LogP contribution in [0, 0.1) is 0 Å². The summed E-state index contributed by atoms with van der Waals surface area (Å²) in [5, 5.41) is 10.1. The Hall–Kier alpha value is -3.06. The summed E-state index contributed by atoms with van der Waals surface area (Å²) in [6.45, 7) is 2.49. The number of methoxy groups -OCH3 is 1. The lowest BCUT2D eigenvalue weighted by Crippen LogP contribution is -2.31. The maximum atomic E-state index is 13.0. The fourth-order valence-corrected chi connectivity index (χ4v) is 3.07. The molecule has 6 nitrogen and oxygen atoms in total. The molecular formula is C20H20N2O4S. The zero-order valence-electron chi connectivity index (χ0n) is 15.3. The van der Waals surface area contributed by atoms with Crippen LogP contribution in [0.5, 0.6) is 17.2 Å². The molecule has 2 aromatic carbocycles. The number of rotatable bonds is 5. The normalized spacial score (nSPS) is 15.6. The largest absolute Gasteiger partial charge is 0.504 e. The number of phenolic OH excluding ortho intramolecular Hbond substituents is 1. The highest BCUT2D eigenvalue weighted by atomic mass is 32.1. The number of hydrogen-bond acceptors (Lipinski definition) is 5. The van der Waals surface area contributed by atoms with Crippen molar-refractivity contribution >= 4 is 35.0 Å². The Balaban J connectivity index is 1.93. The highest BCUT2D eigenvalue weighted by Crippen LogP contribution is 2.31. The number of ether oxygens (including phenoxy) is 2. The number of hydrogen-bond donors (Lipinski definition) is 1. The molecule has 0 spiro atoms. The van der Waals surface area contributed by atoms with E-state index < -0.39 is 0 Å². The molecule has 0 aromatic heterocycles. The van der Waals surface area contributed by atoms with E-state index in [4.69, 9.17) is 21.7 Å². The predicted molar refractivity (Wildman–Crippen MR) is 108 cm³/mol. The molecule has 27 heavy (non-hydrogen) atoms. The van der Waals surface area contributed by atoms with Crippen LogP contribution in [-0.4, -0.2) is 41.8 Å². The molecule has 3 rings (SSSR count). The van der Waals surface area contributed by atoms with Gasteiger partial charge in [-0.25, -0.2) is 0 Å². The monoisotopic (exact) mass is 384 g/mol. The van der Waals surface area contributed by atoms with E-state index in [0.717, 1.165) is 11.3 Å². The Morgan fingerprint density at radius 1 is 1.19 bits per heavy atom. The topological polar surface area (TPSA) is 62.2 Å². The zero-order chi connectivity index (χ0) is 19.6. The Morgan fingerprint density at radius 2 is 1.89 bits per heavy atom. The Kier molecular flexibility index (Phi) is 5.32. The first-order valence-corrected chi connectivity index (χ1v) is 8.80. The van der Waals surface area contributed by atoms with Crippen molar-refractivity contribution in [1.29, 1.82) is 0 Å². The zero-order valence-corrected chi connectivity index (χ0v) is 16.1. The summed E-state index contributed by atoms with van der Waals surface area (Å²) >= 11 is 5.46. The lowest BCUT2D eigenvalue weighted by Gasteiger charge is -2.16. The van der Waals surface area contributed by atoms with Gasteiger partial charge in [-0.15, -0.1) is 0 Å². The average Bonchev–Trinajstić information content (AvgIpc) is 2.87. The third-order valence-electron chi connectivity index (χ3n) is 4.17. The molecule has 1 heterocycles. The van der Waals surface area contributed by atoms with Gasteiger partial charge in [0.15, 0.2) is 16.6 Å². The fraction of sp³-hybridized carbons (Fsp3) is 0.200. The van der Waals surface area contributed by atoms with Crippen LogP contribution in [0.3, 0.4) is 0 Å². The highest BCUT2D eigenvalue weighted by molar-refractivity contribution is 7.80. The van der Waals surface area contributed by atoms with Crippen molar-refractivity contribution < 1.29 is 19.4 Å². The number of nitrogens with zero attached hydrogens (tertiary/aromatic N) is 2. The number of benzene rings is 2. The number of aromatic hydroxyl groups is 1. The predicted octanol–water partition coefficient (Wildman–Crippen LogP) is 3.40. The Bertz CT molecular complexity index is 909. The highest BCUT2D eigenvalue weighted by Gasteiger charge is 2.36. The number of amides is 1. The van der Waals surface area contributed by atoms with E-state index in [0.29, 0.717) is 28.9 Å². The van der Waals surface area contributed by atoms with Gasteiger partial charge in [-0.05, 0) is 67.2 Å². The molecule has 0 aliphatic carbocycles. The molecule has 1 amide bonds. The van der Waals surface area contributed by atoms with Gasteiger partial charge < -0.3 is 19.5 Å². The van der Waals surface area contributed by atoms with Gasteiger partial charge in [-0.1, -0.05) is 6.07 Å². The SMILES string of the molecule is CCOc1ccc(N2C(=O)/C(=C/c3ccc(O)c(OC)c3)N(C)C2=S)cc1. The minimum Gasteiger partial charge on any atom is -0.504 e. The molecule has 0 unspecified atom stereocenters. The van der Waals surface area contributed by atoms with Crippen LogP contribution in [-0.2, 0) is 4.79 Å². The molecule has 1 N–H and O–H groups in total. The van der Waals surface area contributed by atoms with Crippen molar-refractivity contribution in [1.82, 2.24) is 4.90 Å². The second-order valence-corrected chi connectivity index (χ2v) is 6.24. The summed E-state index contributed by atoms with van der Waals surface area (Å²) in [5.74, 6) is 0.888. The van der Waals surface area contributed by atoms with E-state index in [1.807, 2.05) is 6.92 Å². The molecule has 7 heteroatoms. The van der Waals surface area contributed by atoms with E-state index in [1.165, 1.54) is 18.1 Å². The second kappa shape index (κ2) is 7.67. The summed E-state index contributed by atoms with van der Waals surface area (Å²) < 4.78 is 10.6. The van der Waals surface area contributed by atoms with E-state index in [-0.39, 0.29) is 11.7 Å². The van der Waals surface area contributed by atoms with Gasteiger partial charge in [0.1, 0.15) is 11.4 Å². The van der Waals surface area contributed by atoms with Gasteiger partial charge in [0.05, 0.1) is 19.4 Å². The molecule has 1 aliphatic rings. The first-order valence-electron chi connectivity index (χ1n) is 8.40. The molecule has 1 saturated heterocycles. The molecule has 140 valence electrons. The van der Waals surface area contributed by atoms with Crippen molar-refractivity contribution in [2.24, 2.45) is 0 Å². The number of carbonyl (C=O) groups excluding carboxylic acids is 1. The average molecular weight is 384 g/mol. The van der Waals surface area contributed by atoms with E-state index in [2.05, 4.69) is 0 Å². The van der Waals surface area contributed by atoms with Crippen molar-refractivity contribution in [3.63, 3.8) is 0 Å². The first-order chi connectivity index (χ1) is 13.0. The Labute approximate surface area is 163 Å². The van der Waals surface area contributed by atoms with E-state index in [9.17, 15) is 9.90 Å². The smallest absolute Gasteiger partial charge is 0.281 e. The van der Waals surface area contributed by atoms with E-state index >= 15 is 0 Å². The number of thiocarbonyl (C=S) groups is 1. The lowest BCUT2D eigenvalue weighted by atomic mass is 10.1.